The van der Waals surface area contributed by atoms with Gasteiger partial charge in [0.05, 0.1) is 6.04 Å². The molecule has 0 aromatic heterocycles. The molecule has 2 N–H and O–H groups in total. The molecule has 0 radical (unpaired) electrons. The number of rotatable bonds is 2. The van der Waals surface area contributed by atoms with Gasteiger partial charge in [0.2, 0.25) is 0 Å². The molecule has 0 fully saturated rings. The van der Waals surface area contributed by atoms with Crippen LogP contribution in [0, 0.1) is 0 Å². The maximum atomic E-state index is 6.35. The Morgan fingerprint density at radius 3 is 2.71 bits per heavy atom. The van der Waals surface area contributed by atoms with Crippen molar-refractivity contribution < 1.29 is 0 Å². The molecule has 17 heavy (non-hydrogen) atoms. The predicted molar refractivity (Wildman–Crippen MR) is 74.4 cm³/mol. The zero-order valence-electron chi connectivity index (χ0n) is 10.1. The number of fused-ring (bicyclic) bond motifs is 1. The summed E-state index contributed by atoms with van der Waals surface area (Å²) in [4.78, 5) is 0. The van der Waals surface area contributed by atoms with E-state index in [4.69, 9.17) is 5.73 Å². The van der Waals surface area contributed by atoms with Crippen molar-refractivity contribution in [2.24, 2.45) is 5.73 Å². The molecule has 1 aliphatic carbocycles. The minimum absolute atomic E-state index is 0.0922. The van der Waals surface area contributed by atoms with E-state index in [0.717, 1.165) is 16.7 Å². The molecule has 1 aromatic carbocycles. The highest BCUT2D eigenvalue weighted by atomic mass is 14.6. The van der Waals surface area contributed by atoms with E-state index in [1.807, 2.05) is 31.2 Å². The van der Waals surface area contributed by atoms with Crippen molar-refractivity contribution in [3.8, 4) is 0 Å². The highest BCUT2D eigenvalue weighted by Gasteiger charge is 2.16. The zero-order chi connectivity index (χ0) is 12.3. The molecule has 0 saturated heterocycles. The quantitative estimate of drug-likeness (QED) is 0.811. The lowest BCUT2D eigenvalue weighted by atomic mass is 9.94. The van der Waals surface area contributed by atoms with E-state index in [-0.39, 0.29) is 6.04 Å². The molecule has 1 nitrogen and oxygen atoms in total. The Labute approximate surface area is 103 Å². The van der Waals surface area contributed by atoms with E-state index in [9.17, 15) is 0 Å². The normalized spacial score (nSPS) is 19.3. The molecule has 0 spiro atoms. The Kier molecular flexibility index (Phi) is 3.40. The van der Waals surface area contributed by atoms with Gasteiger partial charge in [-0.2, -0.15) is 0 Å². The molecule has 0 amide bonds. The van der Waals surface area contributed by atoms with Crippen LogP contribution in [-0.4, -0.2) is 0 Å². The van der Waals surface area contributed by atoms with E-state index >= 15 is 0 Å². The van der Waals surface area contributed by atoms with Crippen molar-refractivity contribution in [1.29, 1.82) is 0 Å². The van der Waals surface area contributed by atoms with Crippen LogP contribution in [0.25, 0.3) is 6.08 Å². The fourth-order valence-electron chi connectivity index (χ4n) is 2.13. The minimum atomic E-state index is -0.0922. The summed E-state index contributed by atoms with van der Waals surface area (Å²) in [6.07, 6.45) is 10.1. The third kappa shape index (κ3) is 2.15. The van der Waals surface area contributed by atoms with Crippen molar-refractivity contribution in [2.75, 3.05) is 0 Å². The van der Waals surface area contributed by atoms with Crippen molar-refractivity contribution in [2.45, 2.75) is 13.0 Å². The van der Waals surface area contributed by atoms with Gasteiger partial charge in [-0.1, -0.05) is 61.2 Å². The van der Waals surface area contributed by atoms with Crippen LogP contribution in [0.15, 0.2) is 66.3 Å². The second-order valence-corrected chi connectivity index (χ2v) is 4.05. The van der Waals surface area contributed by atoms with Gasteiger partial charge in [-0.15, -0.1) is 0 Å². The Morgan fingerprint density at radius 1 is 1.24 bits per heavy atom. The fraction of sp³-hybridized carbons (Fsp3) is 0.125. The van der Waals surface area contributed by atoms with Crippen LogP contribution < -0.4 is 5.73 Å². The third-order valence-electron chi connectivity index (χ3n) is 3.01. The minimum Gasteiger partial charge on any atom is -0.320 e. The third-order valence-corrected chi connectivity index (χ3v) is 3.01. The Bertz CT molecular complexity index is 518. The molecule has 0 aliphatic heterocycles. The Balaban J connectivity index is 2.62. The summed E-state index contributed by atoms with van der Waals surface area (Å²) in [5, 5.41) is 0. The van der Waals surface area contributed by atoms with Crippen LogP contribution in [0.3, 0.4) is 0 Å². The smallest absolute Gasteiger partial charge is 0.0563 e. The first kappa shape index (κ1) is 11.6. The maximum absolute atomic E-state index is 6.35. The first-order chi connectivity index (χ1) is 8.27. The van der Waals surface area contributed by atoms with Crippen molar-refractivity contribution in [3.05, 3.63) is 77.4 Å². The lowest BCUT2D eigenvalue weighted by Crippen LogP contribution is -2.13. The predicted octanol–water partition coefficient (Wildman–Crippen LogP) is 3.77. The largest absolute Gasteiger partial charge is 0.320 e. The van der Waals surface area contributed by atoms with Crippen LogP contribution >= 0.6 is 0 Å². The standard InChI is InChI=1S/C16H17N/c1-3-7-14-12(4-2)10-11-13-8-5-6-9-15(13)16(14)17/h3-11,16H,2,17H2,1H3/b7-3-. The average molecular weight is 223 g/mol. The summed E-state index contributed by atoms with van der Waals surface area (Å²) in [5.74, 6) is 0. The number of allylic oxidation sites excluding steroid dienone is 4. The Hall–Kier alpha value is -1.86. The van der Waals surface area contributed by atoms with Gasteiger partial charge in [0.25, 0.3) is 0 Å². The lowest BCUT2D eigenvalue weighted by molar-refractivity contribution is 0.865. The number of benzene rings is 1. The van der Waals surface area contributed by atoms with Gasteiger partial charge in [-0.05, 0) is 29.2 Å². The summed E-state index contributed by atoms with van der Waals surface area (Å²) < 4.78 is 0. The molecule has 1 aromatic rings. The number of hydrogen-bond acceptors (Lipinski definition) is 1. The first-order valence-electron chi connectivity index (χ1n) is 5.79. The van der Waals surface area contributed by atoms with Crippen LogP contribution in [-0.2, 0) is 0 Å². The SMILES string of the molecule is C=CC1=C(/C=C\C)C(N)c2ccccc2C=C1. The van der Waals surface area contributed by atoms with E-state index < -0.39 is 0 Å². The molecule has 0 bridgehead atoms. The molecule has 1 heteroatoms. The summed E-state index contributed by atoms with van der Waals surface area (Å²) in [6, 6.07) is 8.14. The van der Waals surface area contributed by atoms with Gasteiger partial charge in [0, 0.05) is 0 Å². The monoisotopic (exact) mass is 223 g/mol. The second-order valence-electron chi connectivity index (χ2n) is 4.05. The summed E-state index contributed by atoms with van der Waals surface area (Å²) in [5.41, 5.74) is 10.9. The van der Waals surface area contributed by atoms with Crippen molar-refractivity contribution in [3.63, 3.8) is 0 Å². The fourth-order valence-corrected chi connectivity index (χ4v) is 2.13. The molecule has 0 heterocycles. The molecule has 1 atom stereocenters. The van der Waals surface area contributed by atoms with Gasteiger partial charge in [0.15, 0.2) is 0 Å². The summed E-state index contributed by atoms with van der Waals surface area (Å²) in [7, 11) is 0. The molecule has 0 saturated carbocycles. The maximum Gasteiger partial charge on any atom is 0.0563 e. The van der Waals surface area contributed by atoms with Gasteiger partial charge in [-0.25, -0.2) is 0 Å². The van der Waals surface area contributed by atoms with Gasteiger partial charge >= 0.3 is 0 Å². The Morgan fingerprint density at radius 2 is 2.00 bits per heavy atom. The first-order valence-corrected chi connectivity index (χ1v) is 5.79. The van der Waals surface area contributed by atoms with Crippen LogP contribution in [0.4, 0.5) is 0 Å². The van der Waals surface area contributed by atoms with Crippen molar-refractivity contribution in [1.82, 2.24) is 0 Å². The highest BCUT2D eigenvalue weighted by Crippen LogP contribution is 2.30. The molecule has 1 unspecified atom stereocenters. The summed E-state index contributed by atoms with van der Waals surface area (Å²) in [6.45, 7) is 5.86. The molecule has 1 aliphatic rings. The van der Waals surface area contributed by atoms with Crippen molar-refractivity contribution >= 4 is 6.08 Å². The molecular formula is C16H17N. The molecule has 86 valence electrons. The molecular weight excluding hydrogens is 206 g/mol. The zero-order valence-corrected chi connectivity index (χ0v) is 10.1. The van der Waals surface area contributed by atoms with Crippen LogP contribution in [0.2, 0.25) is 0 Å². The second kappa shape index (κ2) is 4.98. The van der Waals surface area contributed by atoms with Crippen LogP contribution in [0.1, 0.15) is 24.1 Å². The van der Waals surface area contributed by atoms with Gasteiger partial charge in [-0.3, -0.25) is 0 Å². The van der Waals surface area contributed by atoms with E-state index in [0.29, 0.717) is 0 Å². The van der Waals surface area contributed by atoms with E-state index in [1.165, 1.54) is 5.56 Å². The van der Waals surface area contributed by atoms with Gasteiger partial charge in [0.1, 0.15) is 0 Å². The number of nitrogens with two attached hydrogens (primary N) is 1. The lowest BCUT2D eigenvalue weighted by Gasteiger charge is -2.15. The van der Waals surface area contributed by atoms with Gasteiger partial charge < -0.3 is 5.73 Å². The highest BCUT2D eigenvalue weighted by molar-refractivity contribution is 5.64. The molecule has 2 rings (SSSR count). The average Bonchev–Trinajstić information content (AvgIpc) is 2.49. The summed E-state index contributed by atoms with van der Waals surface area (Å²) >= 11 is 0. The number of hydrogen-bond donors (Lipinski definition) is 1. The topological polar surface area (TPSA) is 26.0 Å². The van der Waals surface area contributed by atoms with E-state index in [1.54, 1.807) is 0 Å². The van der Waals surface area contributed by atoms with Crippen LogP contribution in [0.5, 0.6) is 0 Å². The van der Waals surface area contributed by atoms with E-state index in [2.05, 4.69) is 36.9 Å².